The van der Waals surface area contributed by atoms with Crippen molar-refractivity contribution in [2.75, 3.05) is 4.72 Å². The topological polar surface area (TPSA) is 84.5 Å². The van der Waals surface area contributed by atoms with Gasteiger partial charge in [0.1, 0.15) is 5.84 Å². The SMILES string of the molecule is NC1=NS(=O)(=O)Nc2c(Br)cccc21. The van der Waals surface area contributed by atoms with E-state index in [1.165, 1.54) is 0 Å². The number of anilines is 1. The van der Waals surface area contributed by atoms with Crippen molar-refractivity contribution in [3.05, 3.63) is 28.2 Å². The molecule has 0 radical (unpaired) electrons. The molecule has 0 aromatic heterocycles. The van der Waals surface area contributed by atoms with Gasteiger partial charge in [-0.3, -0.25) is 4.72 Å². The standard InChI is InChI=1S/C7H6BrN3O2S/c8-5-3-1-2-4-6(5)10-14(12,13)11-7(4)9/h1-3,10H,(H2,9,11). The number of benzene rings is 1. The van der Waals surface area contributed by atoms with Crippen LogP contribution in [-0.2, 0) is 10.2 Å². The van der Waals surface area contributed by atoms with E-state index in [9.17, 15) is 8.42 Å². The summed E-state index contributed by atoms with van der Waals surface area (Å²) < 4.78 is 28.6. The van der Waals surface area contributed by atoms with E-state index in [-0.39, 0.29) is 5.84 Å². The van der Waals surface area contributed by atoms with Crippen LogP contribution in [0.15, 0.2) is 27.1 Å². The smallest absolute Gasteiger partial charge is 0.344 e. The fourth-order valence-corrected chi connectivity index (χ4v) is 2.65. The molecule has 1 heterocycles. The normalized spacial score (nSPS) is 17.9. The van der Waals surface area contributed by atoms with Crippen LogP contribution in [0.1, 0.15) is 5.56 Å². The average molecular weight is 276 g/mol. The fourth-order valence-electron chi connectivity index (χ4n) is 1.17. The Morgan fingerprint density at radius 3 is 2.86 bits per heavy atom. The van der Waals surface area contributed by atoms with Crippen LogP contribution in [0.4, 0.5) is 5.69 Å². The molecule has 1 aliphatic heterocycles. The summed E-state index contributed by atoms with van der Waals surface area (Å²) >= 11 is 3.22. The van der Waals surface area contributed by atoms with Gasteiger partial charge in [0.05, 0.1) is 5.69 Å². The molecule has 0 bridgehead atoms. The van der Waals surface area contributed by atoms with Crippen LogP contribution in [0.2, 0.25) is 0 Å². The molecule has 3 N–H and O–H groups in total. The van der Waals surface area contributed by atoms with Gasteiger partial charge in [0.25, 0.3) is 0 Å². The largest absolute Gasteiger partial charge is 0.382 e. The number of hydrogen-bond acceptors (Lipinski definition) is 3. The maximum Gasteiger partial charge on any atom is 0.344 e. The minimum atomic E-state index is -3.68. The van der Waals surface area contributed by atoms with Crippen LogP contribution in [-0.4, -0.2) is 14.3 Å². The molecule has 2 rings (SSSR count). The predicted octanol–water partition coefficient (Wildman–Crippen LogP) is 0.825. The van der Waals surface area contributed by atoms with Gasteiger partial charge in [-0.05, 0) is 28.1 Å². The molecule has 1 aliphatic rings. The van der Waals surface area contributed by atoms with E-state index in [1.54, 1.807) is 18.2 Å². The molecular weight excluding hydrogens is 270 g/mol. The van der Waals surface area contributed by atoms with E-state index in [4.69, 9.17) is 5.73 Å². The van der Waals surface area contributed by atoms with Crippen molar-refractivity contribution < 1.29 is 8.42 Å². The monoisotopic (exact) mass is 275 g/mol. The second kappa shape index (κ2) is 2.96. The number of nitrogens with two attached hydrogens (primary N) is 1. The van der Waals surface area contributed by atoms with E-state index >= 15 is 0 Å². The van der Waals surface area contributed by atoms with Crippen LogP contribution in [0.3, 0.4) is 0 Å². The Hall–Kier alpha value is -1.08. The Balaban J connectivity index is 2.74. The Bertz CT molecular complexity index is 524. The number of fused-ring (bicyclic) bond motifs is 1. The van der Waals surface area contributed by atoms with Crippen LogP contribution < -0.4 is 10.5 Å². The number of nitrogens with one attached hydrogen (secondary N) is 1. The number of rotatable bonds is 0. The lowest BCUT2D eigenvalue weighted by molar-refractivity contribution is 0.602. The van der Waals surface area contributed by atoms with E-state index in [0.717, 1.165) is 0 Å². The second-order valence-electron chi connectivity index (χ2n) is 2.72. The number of hydrogen-bond donors (Lipinski definition) is 2. The van der Waals surface area contributed by atoms with Crippen molar-refractivity contribution in [2.24, 2.45) is 10.1 Å². The number of nitrogens with zero attached hydrogens (tertiary/aromatic N) is 1. The molecule has 0 atom stereocenters. The number of halogens is 1. The summed E-state index contributed by atoms with van der Waals surface area (Å²) in [5.74, 6) is 0.0000463. The molecule has 1 aromatic carbocycles. The molecule has 0 unspecified atom stereocenters. The summed E-state index contributed by atoms with van der Waals surface area (Å²) in [4.78, 5) is 0. The van der Waals surface area contributed by atoms with Gasteiger partial charge >= 0.3 is 10.2 Å². The Morgan fingerprint density at radius 2 is 2.14 bits per heavy atom. The third-order valence-corrected chi connectivity index (χ3v) is 3.30. The first-order chi connectivity index (χ1) is 6.49. The molecule has 0 saturated carbocycles. The molecule has 14 heavy (non-hydrogen) atoms. The summed E-state index contributed by atoms with van der Waals surface area (Å²) in [5, 5.41) is 0. The van der Waals surface area contributed by atoms with Crippen LogP contribution in [0.5, 0.6) is 0 Å². The first-order valence-corrected chi connectivity index (χ1v) is 5.90. The van der Waals surface area contributed by atoms with Gasteiger partial charge in [-0.15, -0.1) is 4.40 Å². The summed E-state index contributed by atoms with van der Waals surface area (Å²) in [5.41, 5.74) is 6.51. The summed E-state index contributed by atoms with van der Waals surface area (Å²) in [6.45, 7) is 0. The molecule has 0 spiro atoms. The highest BCUT2D eigenvalue weighted by Crippen LogP contribution is 2.29. The van der Waals surface area contributed by atoms with Gasteiger partial charge in [0, 0.05) is 10.0 Å². The maximum absolute atomic E-state index is 11.2. The van der Waals surface area contributed by atoms with Crippen molar-refractivity contribution in [1.82, 2.24) is 0 Å². The van der Waals surface area contributed by atoms with Crippen LogP contribution >= 0.6 is 15.9 Å². The fraction of sp³-hybridized carbons (Fsp3) is 0. The van der Waals surface area contributed by atoms with Gasteiger partial charge in [-0.2, -0.15) is 8.42 Å². The van der Waals surface area contributed by atoms with E-state index in [0.29, 0.717) is 15.7 Å². The molecule has 0 fully saturated rings. The lowest BCUT2D eigenvalue weighted by Gasteiger charge is -2.16. The first kappa shape index (κ1) is 9.47. The molecule has 0 amide bonds. The van der Waals surface area contributed by atoms with Crippen molar-refractivity contribution >= 4 is 37.7 Å². The van der Waals surface area contributed by atoms with E-state index in [2.05, 4.69) is 25.0 Å². The van der Waals surface area contributed by atoms with Gasteiger partial charge in [-0.1, -0.05) is 6.07 Å². The van der Waals surface area contributed by atoms with Gasteiger partial charge in [-0.25, -0.2) is 0 Å². The van der Waals surface area contributed by atoms with Gasteiger partial charge < -0.3 is 5.73 Å². The lowest BCUT2D eigenvalue weighted by atomic mass is 10.2. The van der Waals surface area contributed by atoms with E-state index < -0.39 is 10.2 Å². The minimum Gasteiger partial charge on any atom is -0.382 e. The highest BCUT2D eigenvalue weighted by Gasteiger charge is 2.22. The van der Waals surface area contributed by atoms with Crippen molar-refractivity contribution in [2.45, 2.75) is 0 Å². The third-order valence-electron chi connectivity index (χ3n) is 1.74. The van der Waals surface area contributed by atoms with Crippen molar-refractivity contribution in [3.8, 4) is 0 Å². The first-order valence-electron chi connectivity index (χ1n) is 3.67. The average Bonchev–Trinajstić information content (AvgIpc) is 2.05. The molecule has 1 aromatic rings. The zero-order chi connectivity index (χ0) is 10.3. The Labute approximate surface area is 89.3 Å². The van der Waals surface area contributed by atoms with Crippen LogP contribution in [0, 0.1) is 0 Å². The van der Waals surface area contributed by atoms with Gasteiger partial charge in [0.15, 0.2) is 0 Å². The number of para-hydroxylation sites is 1. The van der Waals surface area contributed by atoms with Crippen LogP contribution in [0.25, 0.3) is 0 Å². The molecule has 7 heteroatoms. The summed E-state index contributed by atoms with van der Waals surface area (Å²) in [6, 6.07) is 5.17. The highest BCUT2D eigenvalue weighted by atomic mass is 79.9. The molecule has 74 valence electrons. The summed E-state index contributed by atoms with van der Waals surface area (Å²) in [7, 11) is -3.68. The number of amidine groups is 1. The zero-order valence-corrected chi connectivity index (χ0v) is 9.26. The summed E-state index contributed by atoms with van der Waals surface area (Å²) in [6.07, 6.45) is 0. The quantitative estimate of drug-likeness (QED) is 0.735. The molecular formula is C7H6BrN3O2S. The zero-order valence-electron chi connectivity index (χ0n) is 6.86. The van der Waals surface area contributed by atoms with Gasteiger partial charge in [0.2, 0.25) is 0 Å². The molecule has 0 aliphatic carbocycles. The van der Waals surface area contributed by atoms with Crippen molar-refractivity contribution in [3.63, 3.8) is 0 Å². The minimum absolute atomic E-state index is 0.0000463. The lowest BCUT2D eigenvalue weighted by Crippen LogP contribution is -2.26. The molecule has 0 saturated heterocycles. The second-order valence-corrected chi connectivity index (χ2v) is 4.91. The third kappa shape index (κ3) is 1.48. The van der Waals surface area contributed by atoms with E-state index in [1.807, 2.05) is 0 Å². The predicted molar refractivity (Wildman–Crippen MR) is 57.4 cm³/mol. The molecule has 5 nitrogen and oxygen atoms in total. The highest BCUT2D eigenvalue weighted by molar-refractivity contribution is 9.10. The maximum atomic E-state index is 11.2. The Kier molecular flexibility index (Phi) is 2.00. The van der Waals surface area contributed by atoms with Crippen molar-refractivity contribution in [1.29, 1.82) is 0 Å². The Morgan fingerprint density at radius 1 is 1.43 bits per heavy atom.